The molecule has 2 saturated heterocycles. The second-order valence-corrected chi connectivity index (χ2v) is 18.8. The average Bonchev–Trinajstić information content (AvgIpc) is 3.82. The number of morpholine rings is 1. The summed E-state index contributed by atoms with van der Waals surface area (Å²) in [6.07, 6.45) is 4.35. The van der Waals surface area contributed by atoms with Gasteiger partial charge in [0.25, 0.3) is 5.91 Å². The van der Waals surface area contributed by atoms with E-state index in [0.717, 1.165) is 77.3 Å². The molecule has 0 radical (unpaired) electrons. The van der Waals surface area contributed by atoms with Crippen molar-refractivity contribution < 1.29 is 38.8 Å². The van der Waals surface area contributed by atoms with Gasteiger partial charge in [0.2, 0.25) is 0 Å². The minimum Gasteiger partial charge on any atom is -0.480 e. The number of nitrogens with zero attached hydrogens (tertiary/aromatic N) is 5. The molecule has 3 aliphatic rings. The maximum Gasteiger partial charge on any atom is 0.408 e. The molecule has 15 nitrogen and oxygen atoms in total. The predicted octanol–water partition coefficient (Wildman–Crippen LogP) is 5.89. The number of nitrogens with one attached hydrogen (secondary N) is 2. The number of hydrogen-bond donors (Lipinski definition) is 4. The lowest BCUT2D eigenvalue weighted by Gasteiger charge is -2.34. The number of benzene rings is 1. The number of anilines is 1. The van der Waals surface area contributed by atoms with E-state index in [4.69, 9.17) is 24.2 Å². The molecule has 2 amide bonds. The van der Waals surface area contributed by atoms with Gasteiger partial charge in [-0.1, -0.05) is 13.8 Å². The third kappa shape index (κ3) is 9.47. The largest absolute Gasteiger partial charge is 0.480 e. The van der Waals surface area contributed by atoms with Crippen LogP contribution in [0.5, 0.6) is 0 Å². The summed E-state index contributed by atoms with van der Waals surface area (Å²) < 4.78 is 19.5. The van der Waals surface area contributed by atoms with Gasteiger partial charge in [0.1, 0.15) is 17.7 Å². The minimum atomic E-state index is -1.06. The van der Waals surface area contributed by atoms with Crippen LogP contribution in [-0.4, -0.2) is 112 Å². The van der Waals surface area contributed by atoms with Crippen LogP contribution in [-0.2, 0) is 49.6 Å². The molecule has 2 fully saturated rings. The maximum atomic E-state index is 13.9. The highest BCUT2D eigenvalue weighted by atomic mass is 32.1. The zero-order valence-electron chi connectivity index (χ0n) is 35.8. The van der Waals surface area contributed by atoms with Crippen molar-refractivity contribution >= 4 is 45.9 Å². The lowest BCUT2D eigenvalue weighted by atomic mass is 9.84. The van der Waals surface area contributed by atoms with Crippen molar-refractivity contribution in [2.24, 2.45) is 5.41 Å². The highest BCUT2D eigenvalue weighted by Crippen LogP contribution is 2.45. The molecule has 4 N–H and O–H groups in total. The summed E-state index contributed by atoms with van der Waals surface area (Å²) in [6, 6.07) is 4.71. The number of aryl methyl sites for hydroxylation is 2. The third-order valence-electron chi connectivity index (χ3n) is 11.5. The van der Waals surface area contributed by atoms with E-state index >= 15 is 0 Å². The lowest BCUT2D eigenvalue weighted by Crippen LogP contribution is -2.60. The van der Waals surface area contributed by atoms with Crippen LogP contribution in [0.4, 0.5) is 10.5 Å². The Morgan fingerprint density at radius 3 is 2.55 bits per heavy atom. The zero-order valence-corrected chi connectivity index (χ0v) is 36.6. The van der Waals surface area contributed by atoms with Crippen molar-refractivity contribution in [3.05, 3.63) is 51.6 Å². The number of aliphatic hydroxyl groups excluding tert-OH is 1. The average molecular weight is 846 g/mol. The third-order valence-corrected chi connectivity index (χ3v) is 12.4. The summed E-state index contributed by atoms with van der Waals surface area (Å²) in [5.74, 6) is -1.51. The molecule has 60 heavy (non-hydrogen) atoms. The molecular weight excluding hydrogens is 787 g/mol. The molecule has 324 valence electrons. The molecule has 3 aromatic heterocycles. The molecule has 0 aliphatic carbocycles. The molecule has 1 aromatic carbocycles. The SMILES string of the molecule is CO[C@@H](C)c1ncc(N2CCOCC2)cc1-c1c(CC(C)(C)CO)c2cc(-c3csc(C[C@H](NC(=O)OC(C)(C)C)C(=O)N4CCC[C@@H](C(=O)O)N4)n3)cc3c2n1CCC3. The second-order valence-electron chi connectivity index (χ2n) is 17.9. The first-order chi connectivity index (χ1) is 28.6. The van der Waals surface area contributed by atoms with Gasteiger partial charge in [0.15, 0.2) is 0 Å². The highest BCUT2D eigenvalue weighted by molar-refractivity contribution is 7.10. The van der Waals surface area contributed by atoms with E-state index in [0.29, 0.717) is 44.0 Å². The Kier molecular flexibility index (Phi) is 12.9. The van der Waals surface area contributed by atoms with E-state index in [1.165, 1.54) is 27.4 Å². The van der Waals surface area contributed by atoms with Crippen LogP contribution in [0.3, 0.4) is 0 Å². The molecular formula is C44H59N7O8S. The normalized spacial score (nSPS) is 18.4. The van der Waals surface area contributed by atoms with Crippen LogP contribution in [0.2, 0.25) is 0 Å². The Morgan fingerprint density at radius 1 is 1.08 bits per heavy atom. The Bertz CT molecular complexity index is 2220. The molecule has 0 bridgehead atoms. The van der Waals surface area contributed by atoms with Crippen LogP contribution in [0, 0.1) is 5.41 Å². The second kappa shape index (κ2) is 17.8. The number of carbonyl (C=O) groups is 3. The van der Waals surface area contributed by atoms with Gasteiger partial charge < -0.3 is 39.2 Å². The number of hydrazine groups is 1. The summed E-state index contributed by atoms with van der Waals surface area (Å²) in [5, 5.41) is 28.0. The van der Waals surface area contributed by atoms with Crippen molar-refractivity contribution in [1.29, 1.82) is 0 Å². The first kappa shape index (κ1) is 43.5. The van der Waals surface area contributed by atoms with E-state index in [-0.39, 0.29) is 19.1 Å². The topological polar surface area (TPSA) is 181 Å². The monoisotopic (exact) mass is 845 g/mol. The number of rotatable bonds is 13. The van der Waals surface area contributed by atoms with Gasteiger partial charge in [-0.05, 0) is 94.5 Å². The van der Waals surface area contributed by atoms with Crippen molar-refractivity contribution in [3.8, 4) is 22.5 Å². The standard InChI is InChI=1S/C44H59N7O8S/c1-26(57-7)37-31(20-29(23-45-37)49-14-16-58-17-15-49)39-32(22-44(5,6)25-52)30-19-28(18-27-10-8-12-50(39)38(27)30)35-24-60-36(46-35)21-34(47-42(56)59-43(2,3)4)40(53)51-13-9-11-33(48-51)41(54)55/h18-20,23-24,26,33-34,48,52H,8-17,21-22,25H2,1-7H3,(H,47,56)(H,54,55)/t26-,33-,34-/m0/s1. The van der Waals surface area contributed by atoms with Crippen LogP contribution >= 0.6 is 11.3 Å². The number of aliphatic carboxylic acids is 1. The molecule has 0 unspecified atom stereocenters. The van der Waals surface area contributed by atoms with Gasteiger partial charge in [-0.3, -0.25) is 19.6 Å². The molecule has 3 atom stereocenters. The van der Waals surface area contributed by atoms with Crippen LogP contribution in [0.15, 0.2) is 29.8 Å². The van der Waals surface area contributed by atoms with Crippen LogP contribution in [0.25, 0.3) is 33.4 Å². The summed E-state index contributed by atoms with van der Waals surface area (Å²) in [7, 11) is 1.71. The predicted molar refractivity (Wildman–Crippen MR) is 230 cm³/mol. The number of aromatic nitrogens is 3. The molecule has 7 rings (SSSR count). The van der Waals surface area contributed by atoms with Gasteiger partial charge in [0.05, 0.1) is 58.8 Å². The van der Waals surface area contributed by atoms with Crippen LogP contribution in [0.1, 0.15) is 88.7 Å². The first-order valence-corrected chi connectivity index (χ1v) is 21.8. The van der Waals surface area contributed by atoms with Crippen molar-refractivity contribution in [3.63, 3.8) is 0 Å². The van der Waals surface area contributed by atoms with Crippen molar-refractivity contribution in [1.82, 2.24) is 30.3 Å². The molecule has 6 heterocycles. The van der Waals surface area contributed by atoms with Gasteiger partial charge in [-0.15, -0.1) is 11.3 Å². The molecule has 4 aromatic rings. The van der Waals surface area contributed by atoms with Gasteiger partial charge >= 0.3 is 12.1 Å². The number of aliphatic hydroxyl groups is 1. The number of amides is 2. The number of alkyl carbamates (subject to hydrolysis) is 1. The van der Waals surface area contributed by atoms with E-state index in [9.17, 15) is 24.6 Å². The number of methoxy groups -OCH3 is 1. The number of carboxylic acid groups (broad SMARTS) is 1. The fourth-order valence-corrected chi connectivity index (χ4v) is 9.26. The van der Waals surface area contributed by atoms with E-state index in [1.54, 1.807) is 27.9 Å². The Morgan fingerprint density at radius 2 is 1.85 bits per heavy atom. The van der Waals surface area contributed by atoms with E-state index in [2.05, 4.69) is 52.3 Å². The van der Waals surface area contributed by atoms with E-state index in [1.807, 2.05) is 18.5 Å². The molecule has 0 saturated carbocycles. The highest BCUT2D eigenvalue weighted by Gasteiger charge is 2.35. The van der Waals surface area contributed by atoms with Gasteiger partial charge in [-0.2, -0.15) is 0 Å². The summed E-state index contributed by atoms with van der Waals surface area (Å²) in [5.41, 5.74) is 10.8. The number of hydrogen-bond acceptors (Lipinski definition) is 12. The quantitative estimate of drug-likeness (QED) is 0.126. The Labute approximate surface area is 355 Å². The molecule has 3 aliphatic heterocycles. The Hall–Kier alpha value is -4.61. The number of carboxylic acids is 1. The van der Waals surface area contributed by atoms with Crippen molar-refractivity contribution in [2.75, 3.05) is 51.5 Å². The fourth-order valence-electron chi connectivity index (χ4n) is 8.41. The molecule has 16 heteroatoms. The zero-order chi connectivity index (χ0) is 42.9. The van der Waals surface area contributed by atoms with Crippen LogP contribution < -0.4 is 15.6 Å². The number of carbonyl (C=O) groups excluding carboxylic acids is 2. The minimum absolute atomic E-state index is 0.00956. The fraction of sp³-hybridized carbons (Fsp3) is 0.568. The number of ether oxygens (including phenoxy) is 3. The van der Waals surface area contributed by atoms with Gasteiger partial charge in [0, 0.05) is 68.2 Å². The maximum absolute atomic E-state index is 13.9. The first-order valence-electron chi connectivity index (χ1n) is 20.9. The smallest absolute Gasteiger partial charge is 0.408 e. The lowest BCUT2D eigenvalue weighted by molar-refractivity contribution is -0.147. The van der Waals surface area contributed by atoms with Gasteiger partial charge in [-0.25, -0.2) is 15.2 Å². The summed E-state index contributed by atoms with van der Waals surface area (Å²) in [6.45, 7) is 15.5. The molecule has 0 spiro atoms. The van der Waals surface area contributed by atoms with Crippen molar-refractivity contribution in [2.45, 2.75) is 110 Å². The number of thiazole rings is 1. The summed E-state index contributed by atoms with van der Waals surface area (Å²) in [4.78, 5) is 51.2. The van der Waals surface area contributed by atoms with E-state index < -0.39 is 41.1 Å². The summed E-state index contributed by atoms with van der Waals surface area (Å²) >= 11 is 1.40. The Balaban J connectivity index is 1.30. The number of pyridine rings is 1.